The normalized spacial score (nSPS) is 13.6. The van der Waals surface area contributed by atoms with Crippen LogP contribution in [0.4, 0.5) is 0 Å². The number of hydrogen-bond acceptors (Lipinski definition) is 4. The molecule has 2 atom stereocenters. The van der Waals surface area contributed by atoms with Crippen molar-refractivity contribution in [2.75, 3.05) is 0 Å². The van der Waals surface area contributed by atoms with Crippen LogP contribution in [0.2, 0.25) is 0 Å². The molecule has 4 aromatic rings. The van der Waals surface area contributed by atoms with Gasteiger partial charge < -0.3 is 20.6 Å². The van der Waals surface area contributed by atoms with Gasteiger partial charge >= 0.3 is 0 Å². The van der Waals surface area contributed by atoms with Gasteiger partial charge in [-0.3, -0.25) is 0 Å². The van der Waals surface area contributed by atoms with Gasteiger partial charge in [-0.05, 0) is 23.0 Å². The zero-order valence-corrected chi connectivity index (χ0v) is 21.0. The average Bonchev–Trinajstić information content (AvgIpc) is 3.40. The Kier molecular flexibility index (Phi) is 6.73. The average molecular weight is 457 g/mol. The zero-order chi connectivity index (χ0) is 24.6. The lowest BCUT2D eigenvalue weighted by Crippen LogP contribution is -2.20. The van der Waals surface area contributed by atoms with Gasteiger partial charge in [-0.2, -0.15) is 0 Å². The molecule has 4 rings (SSSR count). The molecule has 0 fully saturated rings. The molecular weight excluding hydrogens is 420 g/mol. The van der Waals surface area contributed by atoms with Crippen LogP contribution in [0, 0.1) is 11.8 Å². The van der Waals surface area contributed by atoms with Crippen LogP contribution in [0.25, 0.3) is 33.6 Å². The fourth-order valence-electron chi connectivity index (χ4n) is 4.12. The van der Waals surface area contributed by atoms with Gasteiger partial charge in [0.1, 0.15) is 11.6 Å². The Morgan fingerprint density at radius 3 is 1.15 bits per heavy atom. The van der Waals surface area contributed by atoms with Crippen molar-refractivity contribution in [2.24, 2.45) is 37.4 Å². The summed E-state index contributed by atoms with van der Waals surface area (Å²) in [7, 11) is 4.01. The van der Waals surface area contributed by atoms with Gasteiger partial charge in [0.2, 0.25) is 0 Å². The van der Waals surface area contributed by atoms with E-state index in [9.17, 15) is 0 Å². The molecule has 6 heteroatoms. The highest BCUT2D eigenvalue weighted by Crippen LogP contribution is 2.29. The molecule has 0 radical (unpaired) electrons. The Morgan fingerprint density at radius 1 is 0.559 bits per heavy atom. The predicted octanol–water partition coefficient (Wildman–Crippen LogP) is 5.47. The highest BCUT2D eigenvalue weighted by molar-refractivity contribution is 5.71. The van der Waals surface area contributed by atoms with E-state index in [1.165, 1.54) is 0 Å². The summed E-state index contributed by atoms with van der Waals surface area (Å²) in [6, 6.07) is 16.9. The van der Waals surface area contributed by atoms with Crippen molar-refractivity contribution < 1.29 is 0 Å². The molecule has 0 aliphatic heterocycles. The van der Waals surface area contributed by atoms with Gasteiger partial charge in [0.25, 0.3) is 0 Å². The highest BCUT2D eigenvalue weighted by Gasteiger charge is 2.18. The van der Waals surface area contributed by atoms with Crippen molar-refractivity contribution >= 4 is 0 Å². The van der Waals surface area contributed by atoms with E-state index < -0.39 is 0 Å². The van der Waals surface area contributed by atoms with Crippen molar-refractivity contribution in [1.29, 1.82) is 0 Å². The van der Waals surface area contributed by atoms with E-state index in [2.05, 4.69) is 76.2 Å². The molecule has 0 aliphatic rings. The molecule has 4 N–H and O–H groups in total. The number of imidazole rings is 2. The maximum atomic E-state index is 6.33. The van der Waals surface area contributed by atoms with E-state index >= 15 is 0 Å². The second-order valence-corrected chi connectivity index (χ2v) is 9.88. The number of nitrogens with two attached hydrogens (primary N) is 2. The van der Waals surface area contributed by atoms with Crippen molar-refractivity contribution in [3.63, 3.8) is 0 Å². The number of aromatic nitrogens is 4. The summed E-state index contributed by atoms with van der Waals surface area (Å²) in [5.41, 5.74) is 19.0. The van der Waals surface area contributed by atoms with Crippen LogP contribution < -0.4 is 11.5 Å². The lowest BCUT2D eigenvalue weighted by Gasteiger charge is -2.14. The van der Waals surface area contributed by atoms with Gasteiger partial charge in [-0.15, -0.1) is 0 Å². The SMILES string of the molecule is CC(C)[C@H](N)c1nc(-c2ccc(-c3ccc(-c4cn(C)c([C@@H](N)C(C)C)n4)cc3)cc2)cn1C. The molecular formula is C28H36N6. The van der Waals surface area contributed by atoms with E-state index in [0.29, 0.717) is 11.8 Å². The smallest absolute Gasteiger partial charge is 0.126 e. The number of benzene rings is 2. The van der Waals surface area contributed by atoms with E-state index in [0.717, 1.165) is 45.3 Å². The molecule has 0 amide bonds. The van der Waals surface area contributed by atoms with Gasteiger partial charge in [-0.1, -0.05) is 76.2 Å². The first kappa shape index (κ1) is 23.9. The topological polar surface area (TPSA) is 87.7 Å². The maximum Gasteiger partial charge on any atom is 0.126 e. The largest absolute Gasteiger partial charge is 0.336 e. The third-order valence-corrected chi connectivity index (χ3v) is 6.55. The van der Waals surface area contributed by atoms with Crippen LogP contribution in [0.3, 0.4) is 0 Å². The minimum Gasteiger partial charge on any atom is -0.336 e. The minimum absolute atomic E-state index is 0.0761. The predicted molar refractivity (Wildman–Crippen MR) is 140 cm³/mol. The van der Waals surface area contributed by atoms with Gasteiger partial charge in [0.15, 0.2) is 0 Å². The first-order chi connectivity index (χ1) is 16.2. The summed E-state index contributed by atoms with van der Waals surface area (Å²) in [5.74, 6) is 2.50. The Balaban J connectivity index is 1.54. The lowest BCUT2D eigenvalue weighted by atomic mass is 10.0. The van der Waals surface area contributed by atoms with E-state index in [-0.39, 0.29) is 12.1 Å². The van der Waals surface area contributed by atoms with Crippen LogP contribution in [-0.2, 0) is 14.1 Å². The van der Waals surface area contributed by atoms with Crippen LogP contribution >= 0.6 is 0 Å². The number of aryl methyl sites for hydroxylation is 2. The molecule has 0 saturated carbocycles. The van der Waals surface area contributed by atoms with Crippen LogP contribution in [-0.4, -0.2) is 19.1 Å². The van der Waals surface area contributed by atoms with Crippen LogP contribution in [0.1, 0.15) is 51.4 Å². The van der Waals surface area contributed by atoms with Crippen molar-refractivity contribution in [1.82, 2.24) is 19.1 Å². The lowest BCUT2D eigenvalue weighted by molar-refractivity contribution is 0.478. The standard InChI is InChI=1S/C28H36N6/c1-17(2)25(29)27-31-23(15-33(27)5)21-11-7-19(8-12-21)20-9-13-22(14-10-20)24-16-34(6)28(32-24)26(30)18(3)4/h7-18,25-26H,29-30H2,1-6H3/t25-,26-/m0/s1. The second-order valence-electron chi connectivity index (χ2n) is 9.88. The summed E-state index contributed by atoms with van der Waals surface area (Å²) < 4.78 is 4.06. The number of nitrogens with zero attached hydrogens (tertiary/aromatic N) is 4. The molecule has 2 aromatic heterocycles. The van der Waals surface area contributed by atoms with Crippen molar-refractivity contribution in [3.8, 4) is 33.6 Å². The molecule has 0 spiro atoms. The summed E-state index contributed by atoms with van der Waals surface area (Å²) >= 11 is 0. The zero-order valence-electron chi connectivity index (χ0n) is 21.0. The molecule has 34 heavy (non-hydrogen) atoms. The molecule has 0 unspecified atom stereocenters. The first-order valence-corrected chi connectivity index (χ1v) is 11.9. The fraction of sp³-hybridized carbons (Fsp3) is 0.357. The van der Waals surface area contributed by atoms with E-state index in [1.54, 1.807) is 0 Å². The number of hydrogen-bond donors (Lipinski definition) is 2. The van der Waals surface area contributed by atoms with Gasteiger partial charge in [0, 0.05) is 37.6 Å². The third-order valence-electron chi connectivity index (χ3n) is 6.55. The van der Waals surface area contributed by atoms with Gasteiger partial charge in [0.05, 0.1) is 23.5 Å². The Morgan fingerprint density at radius 2 is 0.853 bits per heavy atom. The number of rotatable bonds is 7. The molecule has 178 valence electrons. The Hall–Kier alpha value is -3.22. The first-order valence-electron chi connectivity index (χ1n) is 11.9. The minimum atomic E-state index is -0.0761. The van der Waals surface area contributed by atoms with Gasteiger partial charge in [-0.25, -0.2) is 9.97 Å². The summed E-state index contributed by atoms with van der Waals surface area (Å²) in [4.78, 5) is 9.60. The monoisotopic (exact) mass is 456 g/mol. The molecule has 2 aromatic carbocycles. The molecule has 0 saturated heterocycles. The van der Waals surface area contributed by atoms with E-state index in [1.807, 2.05) is 35.6 Å². The van der Waals surface area contributed by atoms with Crippen molar-refractivity contribution in [2.45, 2.75) is 39.8 Å². The summed E-state index contributed by atoms with van der Waals surface area (Å²) in [6.07, 6.45) is 4.10. The summed E-state index contributed by atoms with van der Waals surface area (Å²) in [5, 5.41) is 0. The second kappa shape index (κ2) is 9.57. The van der Waals surface area contributed by atoms with Crippen molar-refractivity contribution in [3.05, 3.63) is 72.6 Å². The molecule has 6 nitrogen and oxygen atoms in total. The van der Waals surface area contributed by atoms with Crippen LogP contribution in [0.5, 0.6) is 0 Å². The van der Waals surface area contributed by atoms with Crippen LogP contribution in [0.15, 0.2) is 60.9 Å². The fourth-order valence-corrected chi connectivity index (χ4v) is 4.12. The summed E-state index contributed by atoms with van der Waals surface area (Å²) in [6.45, 7) is 8.47. The maximum absolute atomic E-state index is 6.33. The third kappa shape index (κ3) is 4.69. The quantitative estimate of drug-likeness (QED) is 0.386. The molecule has 2 heterocycles. The Bertz CT molecular complexity index is 1150. The van der Waals surface area contributed by atoms with E-state index in [4.69, 9.17) is 21.4 Å². The molecule has 0 bridgehead atoms. The highest BCUT2D eigenvalue weighted by atomic mass is 15.1. The Labute approximate surface area is 202 Å². The molecule has 0 aliphatic carbocycles.